The molecule has 3 heteroatoms. The van der Waals surface area contributed by atoms with Crippen LogP contribution in [0.4, 0.5) is 0 Å². The van der Waals surface area contributed by atoms with E-state index in [1.807, 2.05) is 54.6 Å². The molecule has 8 aromatic rings. The van der Waals surface area contributed by atoms with E-state index in [0.717, 1.165) is 74.5 Å². The lowest BCUT2D eigenvalue weighted by Gasteiger charge is -2.18. The Morgan fingerprint density at radius 1 is 0.424 bits per heavy atom. The zero-order chi connectivity index (χ0) is 22.0. The minimum Gasteiger partial charge on any atom is -0.289 e. The number of fused-ring (bicyclic) bond motifs is 4. The number of benzene rings is 8. The molecular formula is C30H13BrO2. The molecule has 0 atom stereocenters. The summed E-state index contributed by atoms with van der Waals surface area (Å²) in [5.74, 6) is 0. The van der Waals surface area contributed by atoms with Gasteiger partial charge in [0.25, 0.3) is 0 Å². The highest BCUT2D eigenvalue weighted by Gasteiger charge is 2.21. The van der Waals surface area contributed by atoms with Crippen LogP contribution in [-0.2, 0) is 0 Å². The molecule has 0 saturated carbocycles. The van der Waals surface area contributed by atoms with E-state index in [4.69, 9.17) is 0 Å². The molecule has 0 aliphatic carbocycles. The van der Waals surface area contributed by atoms with E-state index >= 15 is 0 Å². The molecule has 8 rings (SSSR count). The Morgan fingerprint density at radius 2 is 1.00 bits per heavy atom. The number of rotatable bonds is 0. The van der Waals surface area contributed by atoms with Gasteiger partial charge in [-0.15, -0.1) is 0 Å². The van der Waals surface area contributed by atoms with E-state index in [0.29, 0.717) is 5.39 Å². The number of halogens is 1. The number of hydrogen-bond donors (Lipinski definition) is 0. The van der Waals surface area contributed by atoms with E-state index in [1.165, 1.54) is 0 Å². The summed E-state index contributed by atoms with van der Waals surface area (Å²) in [5.41, 5.74) is 0.103. The van der Waals surface area contributed by atoms with Crippen molar-refractivity contribution >= 4 is 91.3 Å². The average molecular weight is 485 g/mol. The Balaban J connectivity index is 1.80. The van der Waals surface area contributed by atoms with Gasteiger partial charge in [0.2, 0.25) is 0 Å². The summed E-state index contributed by atoms with van der Waals surface area (Å²) in [6.45, 7) is 0. The predicted molar refractivity (Wildman–Crippen MR) is 143 cm³/mol. The Labute approximate surface area is 194 Å². The fraction of sp³-hybridized carbons (Fsp3) is 0. The normalized spacial score (nSPS) is 12.6. The average Bonchev–Trinajstić information content (AvgIpc) is 2.84. The SMILES string of the molecule is O=c1c2ccccc2c2cc3ccc4c(=O)c5c(Br)cccc5c5cc6ccc1c2c6c3c45. The Hall–Kier alpha value is -3.82. The highest BCUT2D eigenvalue weighted by atomic mass is 79.9. The predicted octanol–water partition coefficient (Wildman–Crippen LogP) is 7.56. The Morgan fingerprint density at radius 3 is 1.70 bits per heavy atom. The molecule has 0 bridgehead atoms. The van der Waals surface area contributed by atoms with Crippen LogP contribution in [0.2, 0.25) is 0 Å². The Kier molecular flexibility index (Phi) is 3.08. The molecule has 0 aliphatic heterocycles. The van der Waals surface area contributed by atoms with Gasteiger partial charge in [0.15, 0.2) is 10.9 Å². The Bertz CT molecular complexity index is 2230. The molecule has 2 nitrogen and oxygen atoms in total. The molecular weight excluding hydrogens is 472 g/mol. The monoisotopic (exact) mass is 484 g/mol. The summed E-state index contributed by atoms with van der Waals surface area (Å²) in [4.78, 5) is 27.0. The highest BCUT2D eigenvalue weighted by Crippen LogP contribution is 2.45. The van der Waals surface area contributed by atoms with Crippen molar-refractivity contribution in [2.75, 3.05) is 0 Å². The first-order valence-electron chi connectivity index (χ1n) is 10.9. The van der Waals surface area contributed by atoms with Gasteiger partial charge in [-0.3, -0.25) is 9.59 Å². The molecule has 0 spiro atoms. The van der Waals surface area contributed by atoms with Crippen molar-refractivity contribution in [3.05, 3.63) is 104 Å². The van der Waals surface area contributed by atoms with Crippen LogP contribution in [0.25, 0.3) is 75.4 Å². The molecule has 0 unspecified atom stereocenters. The maximum Gasteiger partial charge on any atom is 0.195 e. The first-order valence-corrected chi connectivity index (χ1v) is 11.7. The zero-order valence-corrected chi connectivity index (χ0v) is 18.8. The smallest absolute Gasteiger partial charge is 0.195 e. The second-order valence-electron chi connectivity index (χ2n) is 8.89. The van der Waals surface area contributed by atoms with Crippen LogP contribution in [0, 0.1) is 0 Å². The third-order valence-corrected chi connectivity index (χ3v) is 8.01. The summed E-state index contributed by atoms with van der Waals surface area (Å²) in [5, 5.41) is 13.4. The van der Waals surface area contributed by atoms with Crippen molar-refractivity contribution in [3.8, 4) is 0 Å². The lowest BCUT2D eigenvalue weighted by molar-refractivity contribution is 1.70. The van der Waals surface area contributed by atoms with Gasteiger partial charge >= 0.3 is 0 Å². The molecule has 33 heavy (non-hydrogen) atoms. The van der Waals surface area contributed by atoms with Crippen molar-refractivity contribution < 1.29 is 0 Å². The van der Waals surface area contributed by atoms with Gasteiger partial charge < -0.3 is 0 Å². The fourth-order valence-corrected chi connectivity index (χ4v) is 6.56. The topological polar surface area (TPSA) is 34.1 Å². The van der Waals surface area contributed by atoms with Gasteiger partial charge in [0.05, 0.1) is 0 Å². The lowest BCUT2D eigenvalue weighted by Crippen LogP contribution is -2.06. The van der Waals surface area contributed by atoms with Crippen molar-refractivity contribution in [1.82, 2.24) is 0 Å². The summed E-state index contributed by atoms with van der Waals surface area (Å²) >= 11 is 3.60. The molecule has 0 saturated heterocycles. The van der Waals surface area contributed by atoms with Gasteiger partial charge in [-0.05, 0) is 73.4 Å². The van der Waals surface area contributed by atoms with Gasteiger partial charge in [0, 0.05) is 36.8 Å². The molecule has 8 aromatic carbocycles. The van der Waals surface area contributed by atoms with E-state index in [1.54, 1.807) is 0 Å². The van der Waals surface area contributed by atoms with E-state index in [-0.39, 0.29) is 10.9 Å². The van der Waals surface area contributed by atoms with Crippen molar-refractivity contribution in [1.29, 1.82) is 0 Å². The largest absolute Gasteiger partial charge is 0.289 e. The van der Waals surface area contributed by atoms with Crippen LogP contribution >= 0.6 is 15.9 Å². The van der Waals surface area contributed by atoms with Crippen molar-refractivity contribution in [3.63, 3.8) is 0 Å². The third-order valence-electron chi connectivity index (χ3n) is 7.35. The van der Waals surface area contributed by atoms with Crippen LogP contribution in [-0.4, -0.2) is 0 Å². The molecule has 0 radical (unpaired) electrons. The molecule has 0 amide bonds. The maximum atomic E-state index is 13.6. The molecule has 0 N–H and O–H groups in total. The van der Waals surface area contributed by atoms with Crippen LogP contribution in [0.5, 0.6) is 0 Å². The second kappa shape index (κ2) is 5.75. The molecule has 152 valence electrons. The van der Waals surface area contributed by atoms with Crippen molar-refractivity contribution in [2.24, 2.45) is 0 Å². The lowest BCUT2D eigenvalue weighted by atomic mass is 9.84. The summed E-state index contributed by atoms with van der Waals surface area (Å²) in [6, 6.07) is 26.2. The minimum atomic E-state index is 0.0388. The van der Waals surface area contributed by atoms with E-state index in [2.05, 4.69) is 40.2 Å². The van der Waals surface area contributed by atoms with Crippen LogP contribution in [0.15, 0.2) is 92.9 Å². The quantitative estimate of drug-likeness (QED) is 0.164. The highest BCUT2D eigenvalue weighted by molar-refractivity contribution is 9.10. The van der Waals surface area contributed by atoms with Crippen LogP contribution in [0.3, 0.4) is 0 Å². The third kappa shape index (κ3) is 1.96. The van der Waals surface area contributed by atoms with E-state index < -0.39 is 0 Å². The van der Waals surface area contributed by atoms with Crippen LogP contribution in [0.1, 0.15) is 0 Å². The minimum absolute atomic E-state index is 0.0388. The second-order valence-corrected chi connectivity index (χ2v) is 9.74. The fourth-order valence-electron chi connectivity index (χ4n) is 6.01. The van der Waals surface area contributed by atoms with E-state index in [9.17, 15) is 9.59 Å². The molecule has 0 aromatic heterocycles. The molecule has 0 heterocycles. The summed E-state index contributed by atoms with van der Waals surface area (Å²) < 4.78 is 0.815. The van der Waals surface area contributed by atoms with Crippen LogP contribution < -0.4 is 10.9 Å². The van der Waals surface area contributed by atoms with Gasteiger partial charge in [-0.2, -0.15) is 0 Å². The first-order chi connectivity index (χ1) is 16.1. The van der Waals surface area contributed by atoms with Crippen molar-refractivity contribution in [2.45, 2.75) is 0 Å². The van der Waals surface area contributed by atoms with Gasteiger partial charge in [-0.1, -0.05) is 64.5 Å². The molecule has 0 aliphatic rings. The van der Waals surface area contributed by atoms with Gasteiger partial charge in [0.1, 0.15) is 0 Å². The summed E-state index contributed by atoms with van der Waals surface area (Å²) in [6.07, 6.45) is 0. The zero-order valence-electron chi connectivity index (χ0n) is 17.2. The first kappa shape index (κ1) is 17.7. The standard InChI is InChI=1S/C30H13BrO2/c31-23-7-3-6-17-22-13-15-8-10-19-26-21(16-4-1-2-5-18(16)29(19)32)12-14-9-11-20(30(33)28(17)23)27(22)25(14)24(15)26/h1-13H. The van der Waals surface area contributed by atoms with Gasteiger partial charge in [-0.25, -0.2) is 0 Å². The maximum absolute atomic E-state index is 13.6. The summed E-state index contributed by atoms with van der Waals surface area (Å²) in [7, 11) is 0. The number of hydrogen-bond acceptors (Lipinski definition) is 2. The molecule has 0 fully saturated rings.